The molecule has 168 valence electrons. The molecule has 7 nitrogen and oxygen atoms in total. The summed E-state index contributed by atoms with van der Waals surface area (Å²) < 4.78 is 6.43. The van der Waals surface area contributed by atoms with Gasteiger partial charge in [0.15, 0.2) is 5.43 Å². The van der Waals surface area contributed by atoms with E-state index in [2.05, 4.69) is 10.2 Å². The SMILES string of the molecule is COc1ccc2sc3c([N+](=O)[O-])ccc(NC[C@@H]4CCCN5CCCC[C@H]45)c3c(=O)c2c1. The lowest BCUT2D eigenvalue weighted by Gasteiger charge is -2.44. The van der Waals surface area contributed by atoms with Gasteiger partial charge in [-0.3, -0.25) is 14.9 Å². The molecule has 2 aliphatic heterocycles. The van der Waals surface area contributed by atoms with Crippen molar-refractivity contribution in [3.05, 3.63) is 50.7 Å². The molecule has 1 aromatic heterocycles. The highest BCUT2D eigenvalue weighted by atomic mass is 32.1. The minimum atomic E-state index is -0.404. The zero-order valence-corrected chi connectivity index (χ0v) is 19.0. The van der Waals surface area contributed by atoms with Crippen molar-refractivity contribution in [2.45, 2.75) is 38.1 Å². The van der Waals surface area contributed by atoms with Crippen LogP contribution in [0.1, 0.15) is 32.1 Å². The molecular formula is C24H27N3O4S. The Morgan fingerprint density at radius 1 is 1.19 bits per heavy atom. The van der Waals surface area contributed by atoms with Crippen molar-refractivity contribution >= 4 is 42.9 Å². The minimum absolute atomic E-state index is 0.0264. The number of nitro groups is 1. The molecule has 2 aliphatic rings. The fourth-order valence-corrected chi connectivity index (χ4v) is 6.56. The van der Waals surface area contributed by atoms with Crippen LogP contribution in [0.2, 0.25) is 0 Å². The number of nitrogens with zero attached hydrogens (tertiary/aromatic N) is 2. The summed E-state index contributed by atoms with van der Waals surface area (Å²) in [7, 11) is 1.56. The van der Waals surface area contributed by atoms with Crippen LogP contribution < -0.4 is 15.5 Å². The number of rotatable bonds is 5. The first-order chi connectivity index (χ1) is 15.6. The van der Waals surface area contributed by atoms with Gasteiger partial charge in [0.1, 0.15) is 10.4 Å². The van der Waals surface area contributed by atoms with Gasteiger partial charge in [-0.25, -0.2) is 0 Å². The Balaban J connectivity index is 1.56. The summed E-state index contributed by atoms with van der Waals surface area (Å²) >= 11 is 1.29. The number of methoxy groups -OCH3 is 1. The summed E-state index contributed by atoms with van der Waals surface area (Å²) in [5.41, 5.74) is 0.466. The second-order valence-corrected chi connectivity index (χ2v) is 9.82. The fourth-order valence-electron chi connectivity index (χ4n) is 5.39. The van der Waals surface area contributed by atoms with E-state index in [1.807, 2.05) is 0 Å². The molecule has 0 bridgehead atoms. The Kier molecular flexibility index (Phi) is 5.73. The third-order valence-electron chi connectivity index (χ3n) is 6.99. The maximum absolute atomic E-state index is 13.5. The highest BCUT2D eigenvalue weighted by Gasteiger charge is 2.33. The van der Waals surface area contributed by atoms with Gasteiger partial charge in [-0.15, -0.1) is 11.3 Å². The van der Waals surface area contributed by atoms with E-state index in [1.54, 1.807) is 31.4 Å². The van der Waals surface area contributed by atoms with E-state index in [0.29, 0.717) is 43.6 Å². The van der Waals surface area contributed by atoms with Crippen LogP contribution in [-0.4, -0.2) is 42.6 Å². The zero-order chi connectivity index (χ0) is 22.2. The average Bonchev–Trinajstić information content (AvgIpc) is 2.82. The van der Waals surface area contributed by atoms with Crippen molar-refractivity contribution in [1.29, 1.82) is 0 Å². The molecule has 3 heterocycles. The van der Waals surface area contributed by atoms with Gasteiger partial charge in [0.2, 0.25) is 0 Å². The van der Waals surface area contributed by atoms with Crippen molar-refractivity contribution in [2.24, 2.45) is 5.92 Å². The number of benzene rings is 2. The van der Waals surface area contributed by atoms with E-state index >= 15 is 0 Å². The van der Waals surface area contributed by atoms with E-state index in [0.717, 1.165) is 6.54 Å². The number of piperidine rings is 2. The predicted molar refractivity (Wildman–Crippen MR) is 129 cm³/mol. The number of hydrogen-bond acceptors (Lipinski definition) is 7. The van der Waals surface area contributed by atoms with Crippen molar-refractivity contribution in [1.82, 2.24) is 4.90 Å². The topological polar surface area (TPSA) is 84.7 Å². The predicted octanol–water partition coefficient (Wildman–Crippen LogP) is 5.01. The van der Waals surface area contributed by atoms with Crippen molar-refractivity contribution in [3.8, 4) is 5.75 Å². The van der Waals surface area contributed by atoms with E-state index < -0.39 is 4.92 Å². The Morgan fingerprint density at radius 2 is 2.03 bits per heavy atom. The molecule has 3 aromatic rings. The first-order valence-corrected chi connectivity index (χ1v) is 12.1. The largest absolute Gasteiger partial charge is 0.497 e. The summed E-state index contributed by atoms with van der Waals surface area (Å²) in [5, 5.41) is 16.2. The second kappa shape index (κ2) is 8.67. The Morgan fingerprint density at radius 3 is 2.84 bits per heavy atom. The molecule has 0 aliphatic carbocycles. The molecular weight excluding hydrogens is 426 g/mol. The average molecular weight is 454 g/mol. The number of fused-ring (bicyclic) bond motifs is 3. The maximum atomic E-state index is 13.5. The van der Waals surface area contributed by atoms with Gasteiger partial charge in [-0.05, 0) is 69.0 Å². The van der Waals surface area contributed by atoms with Crippen LogP contribution in [-0.2, 0) is 0 Å². The minimum Gasteiger partial charge on any atom is -0.497 e. The van der Waals surface area contributed by atoms with Crippen LogP contribution in [0, 0.1) is 16.0 Å². The van der Waals surface area contributed by atoms with Crippen LogP contribution in [0.4, 0.5) is 11.4 Å². The molecule has 8 heteroatoms. The molecule has 2 fully saturated rings. The van der Waals surface area contributed by atoms with Crippen LogP contribution in [0.25, 0.3) is 20.2 Å². The van der Waals surface area contributed by atoms with Gasteiger partial charge in [-0.2, -0.15) is 0 Å². The van der Waals surface area contributed by atoms with E-state index in [1.165, 1.54) is 62.6 Å². The summed E-state index contributed by atoms with van der Waals surface area (Å²) in [5.74, 6) is 1.12. The van der Waals surface area contributed by atoms with Gasteiger partial charge in [-0.1, -0.05) is 6.42 Å². The van der Waals surface area contributed by atoms with Crippen LogP contribution >= 0.6 is 11.3 Å². The Labute approximate surface area is 190 Å². The monoisotopic (exact) mass is 453 g/mol. The molecule has 0 radical (unpaired) electrons. The molecule has 2 saturated heterocycles. The first-order valence-electron chi connectivity index (χ1n) is 11.3. The van der Waals surface area contributed by atoms with Gasteiger partial charge >= 0.3 is 0 Å². The molecule has 5 rings (SSSR count). The van der Waals surface area contributed by atoms with Gasteiger partial charge < -0.3 is 15.0 Å². The Hall–Kier alpha value is -2.71. The third kappa shape index (κ3) is 3.71. The molecule has 32 heavy (non-hydrogen) atoms. The molecule has 0 amide bonds. The fraction of sp³-hybridized carbons (Fsp3) is 0.458. The molecule has 0 unspecified atom stereocenters. The van der Waals surface area contributed by atoms with Gasteiger partial charge in [0.05, 0.1) is 17.4 Å². The lowest BCUT2D eigenvalue weighted by Crippen LogP contribution is -2.49. The number of anilines is 1. The lowest BCUT2D eigenvalue weighted by molar-refractivity contribution is -0.382. The first kappa shape index (κ1) is 21.2. The maximum Gasteiger partial charge on any atom is 0.287 e. The zero-order valence-electron chi connectivity index (χ0n) is 18.1. The normalized spacial score (nSPS) is 21.4. The Bertz CT molecular complexity index is 1240. The van der Waals surface area contributed by atoms with E-state index in [9.17, 15) is 14.9 Å². The summed E-state index contributed by atoms with van der Waals surface area (Å²) in [6, 6.07) is 9.09. The smallest absolute Gasteiger partial charge is 0.287 e. The van der Waals surface area contributed by atoms with Crippen molar-refractivity contribution < 1.29 is 9.66 Å². The third-order valence-corrected chi connectivity index (χ3v) is 8.18. The molecule has 0 saturated carbocycles. The summed E-state index contributed by atoms with van der Waals surface area (Å²) in [6.45, 7) is 3.14. The standard InChI is InChI=1S/C24H27N3O4S/c1-31-16-7-10-21-17(13-16)23(28)22-18(8-9-20(27(29)30)24(22)32-21)25-14-15-5-4-12-26-11-3-2-6-19(15)26/h7-10,13,15,19,25H,2-6,11-12,14H2,1H3/t15-,19+/m0/s1. The van der Waals surface area contributed by atoms with Crippen LogP contribution in [0.5, 0.6) is 5.75 Å². The van der Waals surface area contributed by atoms with E-state index in [-0.39, 0.29) is 11.1 Å². The quantitative estimate of drug-likeness (QED) is 0.332. The molecule has 2 aromatic carbocycles. The number of ether oxygens (including phenoxy) is 1. The number of nitro benzene ring substituents is 1. The van der Waals surface area contributed by atoms with Crippen LogP contribution in [0.15, 0.2) is 35.1 Å². The molecule has 0 spiro atoms. The van der Waals surface area contributed by atoms with Crippen LogP contribution in [0.3, 0.4) is 0 Å². The van der Waals surface area contributed by atoms with Gasteiger partial charge in [0.25, 0.3) is 5.69 Å². The lowest BCUT2D eigenvalue weighted by atomic mass is 9.83. The summed E-state index contributed by atoms with van der Waals surface area (Å²) in [6.07, 6.45) is 6.15. The van der Waals surface area contributed by atoms with E-state index in [4.69, 9.17) is 4.74 Å². The van der Waals surface area contributed by atoms with Crippen molar-refractivity contribution in [3.63, 3.8) is 0 Å². The molecule has 2 atom stereocenters. The molecule has 1 N–H and O–H groups in total. The number of nitrogens with one attached hydrogen (secondary N) is 1. The second-order valence-electron chi connectivity index (χ2n) is 8.77. The summed E-state index contributed by atoms with van der Waals surface area (Å²) in [4.78, 5) is 27.4. The van der Waals surface area contributed by atoms with Crippen molar-refractivity contribution in [2.75, 3.05) is 32.1 Å². The number of non-ortho nitro benzene ring substituents is 1. The highest BCUT2D eigenvalue weighted by Crippen LogP contribution is 2.37. The highest BCUT2D eigenvalue weighted by molar-refractivity contribution is 7.25. The number of hydrogen-bond donors (Lipinski definition) is 1. The van der Waals surface area contributed by atoms with Gasteiger partial charge in [0, 0.05) is 34.4 Å².